The molecule has 2 fully saturated rings. The van der Waals surface area contributed by atoms with E-state index >= 15 is 0 Å². The summed E-state index contributed by atoms with van der Waals surface area (Å²) in [5, 5.41) is 9.88. The van der Waals surface area contributed by atoms with Crippen LogP contribution in [0.3, 0.4) is 0 Å². The molecule has 11 heavy (non-hydrogen) atoms. The molecular formula is C9H16O2. The summed E-state index contributed by atoms with van der Waals surface area (Å²) in [4.78, 5) is 0. The van der Waals surface area contributed by atoms with Gasteiger partial charge in [0.05, 0.1) is 17.8 Å². The van der Waals surface area contributed by atoms with Crippen molar-refractivity contribution in [1.82, 2.24) is 0 Å². The number of aliphatic hydroxyl groups is 1. The van der Waals surface area contributed by atoms with E-state index in [1.165, 1.54) is 0 Å². The van der Waals surface area contributed by atoms with Crippen LogP contribution in [-0.2, 0) is 4.74 Å². The molecule has 2 aliphatic heterocycles. The van der Waals surface area contributed by atoms with Gasteiger partial charge >= 0.3 is 0 Å². The maximum atomic E-state index is 9.88. The Morgan fingerprint density at radius 2 is 2.00 bits per heavy atom. The average Bonchev–Trinajstić information content (AvgIpc) is 2.36. The van der Waals surface area contributed by atoms with Gasteiger partial charge in [-0.05, 0) is 19.8 Å². The van der Waals surface area contributed by atoms with Gasteiger partial charge < -0.3 is 9.84 Å². The fraction of sp³-hybridized carbons (Fsp3) is 1.00. The Morgan fingerprint density at radius 3 is 2.27 bits per heavy atom. The van der Waals surface area contributed by atoms with Crippen LogP contribution in [0.2, 0.25) is 0 Å². The summed E-state index contributed by atoms with van der Waals surface area (Å²) in [6.07, 6.45) is 2.12. The zero-order chi connectivity index (χ0) is 8.28. The second-order valence-electron chi connectivity index (χ2n) is 4.68. The monoisotopic (exact) mass is 156 g/mol. The Balaban J connectivity index is 2.34. The summed E-state index contributed by atoms with van der Waals surface area (Å²) in [5.41, 5.74) is -0.277. The maximum Gasteiger partial charge on any atom is 0.0923 e. The highest BCUT2D eigenvalue weighted by Gasteiger charge is 2.60. The third-order valence-corrected chi connectivity index (χ3v) is 3.43. The molecular weight excluding hydrogens is 140 g/mol. The molecule has 0 aromatic rings. The van der Waals surface area contributed by atoms with Crippen molar-refractivity contribution in [1.29, 1.82) is 0 Å². The van der Waals surface area contributed by atoms with Crippen molar-refractivity contribution >= 4 is 0 Å². The number of rotatable bonds is 0. The molecule has 0 spiro atoms. The number of ether oxygens (including phenoxy) is 1. The molecule has 2 rings (SSSR count). The largest absolute Gasteiger partial charge is 0.389 e. The molecule has 2 aliphatic rings. The van der Waals surface area contributed by atoms with E-state index in [0.29, 0.717) is 0 Å². The van der Waals surface area contributed by atoms with E-state index in [1.807, 2.05) is 6.92 Å². The number of fused-ring (bicyclic) bond motifs is 2. The summed E-state index contributed by atoms with van der Waals surface area (Å²) in [5.74, 6) is 0. The van der Waals surface area contributed by atoms with Crippen LogP contribution in [0.25, 0.3) is 0 Å². The van der Waals surface area contributed by atoms with Crippen LogP contribution in [0, 0.1) is 5.41 Å². The molecule has 0 saturated carbocycles. The van der Waals surface area contributed by atoms with Crippen molar-refractivity contribution in [3.8, 4) is 0 Å². The normalized spacial score (nSPS) is 53.5. The number of aliphatic hydroxyl groups excluding tert-OH is 1. The third kappa shape index (κ3) is 0.744. The first kappa shape index (κ1) is 7.56. The quantitative estimate of drug-likeness (QED) is 0.573. The first-order chi connectivity index (χ1) is 4.97. The van der Waals surface area contributed by atoms with Gasteiger partial charge in [0, 0.05) is 5.41 Å². The van der Waals surface area contributed by atoms with Crippen molar-refractivity contribution in [2.45, 2.75) is 51.4 Å². The van der Waals surface area contributed by atoms with E-state index in [-0.39, 0.29) is 23.2 Å². The van der Waals surface area contributed by atoms with Crippen molar-refractivity contribution in [3.05, 3.63) is 0 Å². The van der Waals surface area contributed by atoms with E-state index in [1.54, 1.807) is 0 Å². The van der Waals surface area contributed by atoms with Crippen molar-refractivity contribution in [3.63, 3.8) is 0 Å². The topological polar surface area (TPSA) is 29.5 Å². The highest BCUT2D eigenvalue weighted by molar-refractivity contribution is 5.09. The van der Waals surface area contributed by atoms with Crippen LogP contribution in [0.1, 0.15) is 33.6 Å². The molecule has 64 valence electrons. The zero-order valence-electron chi connectivity index (χ0n) is 7.42. The molecule has 0 radical (unpaired) electrons. The molecule has 0 amide bonds. The summed E-state index contributed by atoms with van der Waals surface area (Å²) in [7, 11) is 0. The highest BCUT2D eigenvalue weighted by atomic mass is 16.5. The standard InChI is InChI=1S/C9H16O2/c1-8(2)6-4-5-9(3,11-6)7(8)10/h6-7,10H,4-5H2,1-3H3. The first-order valence-electron chi connectivity index (χ1n) is 4.33. The number of hydrogen-bond donors (Lipinski definition) is 1. The summed E-state index contributed by atoms with van der Waals surface area (Å²) in [6, 6.07) is 0. The molecule has 2 bridgehead atoms. The molecule has 2 heterocycles. The van der Waals surface area contributed by atoms with Crippen LogP contribution in [0.15, 0.2) is 0 Å². The Bertz CT molecular complexity index is 183. The van der Waals surface area contributed by atoms with Gasteiger partial charge in [-0.25, -0.2) is 0 Å². The molecule has 2 heteroatoms. The molecule has 2 saturated heterocycles. The minimum absolute atomic E-state index is 0.0347. The van der Waals surface area contributed by atoms with Gasteiger partial charge in [0.25, 0.3) is 0 Å². The molecule has 2 nitrogen and oxygen atoms in total. The highest BCUT2D eigenvalue weighted by Crippen LogP contribution is 2.53. The van der Waals surface area contributed by atoms with Crippen LogP contribution in [-0.4, -0.2) is 22.9 Å². The van der Waals surface area contributed by atoms with Crippen LogP contribution < -0.4 is 0 Å². The Morgan fingerprint density at radius 1 is 1.36 bits per heavy atom. The molecule has 0 aromatic heterocycles. The van der Waals surface area contributed by atoms with Gasteiger partial charge in [-0.1, -0.05) is 13.8 Å². The van der Waals surface area contributed by atoms with E-state index in [4.69, 9.17) is 4.74 Å². The average molecular weight is 156 g/mol. The fourth-order valence-electron chi connectivity index (χ4n) is 2.55. The number of hydrogen-bond acceptors (Lipinski definition) is 2. The third-order valence-electron chi connectivity index (χ3n) is 3.43. The molecule has 3 atom stereocenters. The Kier molecular flexibility index (Phi) is 1.24. The lowest BCUT2D eigenvalue weighted by Crippen LogP contribution is -2.45. The predicted octanol–water partition coefficient (Wildman–Crippen LogP) is 1.32. The van der Waals surface area contributed by atoms with Crippen molar-refractivity contribution < 1.29 is 9.84 Å². The van der Waals surface area contributed by atoms with Crippen molar-refractivity contribution in [2.75, 3.05) is 0 Å². The van der Waals surface area contributed by atoms with Gasteiger partial charge in [0.1, 0.15) is 0 Å². The van der Waals surface area contributed by atoms with Gasteiger partial charge in [-0.3, -0.25) is 0 Å². The second kappa shape index (κ2) is 1.80. The Hall–Kier alpha value is -0.0800. The lowest BCUT2D eigenvalue weighted by molar-refractivity contribution is -0.0366. The summed E-state index contributed by atoms with van der Waals surface area (Å²) in [6.45, 7) is 6.20. The fourth-order valence-corrected chi connectivity index (χ4v) is 2.55. The Labute approximate surface area is 67.6 Å². The van der Waals surface area contributed by atoms with E-state index in [0.717, 1.165) is 12.8 Å². The minimum Gasteiger partial charge on any atom is -0.389 e. The van der Waals surface area contributed by atoms with E-state index < -0.39 is 0 Å². The smallest absolute Gasteiger partial charge is 0.0923 e. The van der Waals surface area contributed by atoms with Gasteiger partial charge in [0.2, 0.25) is 0 Å². The SMILES string of the molecule is CC12CCC(O1)C(C)(C)C2O. The predicted molar refractivity (Wildman–Crippen MR) is 42.3 cm³/mol. The lowest BCUT2D eigenvalue weighted by Gasteiger charge is -2.35. The summed E-state index contributed by atoms with van der Waals surface area (Å²) < 4.78 is 5.74. The van der Waals surface area contributed by atoms with Crippen LogP contribution in [0.4, 0.5) is 0 Å². The van der Waals surface area contributed by atoms with Gasteiger partial charge in [-0.15, -0.1) is 0 Å². The van der Waals surface area contributed by atoms with Gasteiger partial charge in [-0.2, -0.15) is 0 Å². The van der Waals surface area contributed by atoms with E-state index in [9.17, 15) is 5.11 Å². The van der Waals surface area contributed by atoms with Crippen LogP contribution >= 0.6 is 0 Å². The summed E-state index contributed by atoms with van der Waals surface area (Å²) >= 11 is 0. The molecule has 0 aromatic carbocycles. The second-order valence-corrected chi connectivity index (χ2v) is 4.68. The molecule has 1 N–H and O–H groups in total. The maximum absolute atomic E-state index is 9.88. The first-order valence-corrected chi connectivity index (χ1v) is 4.33. The zero-order valence-corrected chi connectivity index (χ0v) is 7.42. The molecule has 0 aliphatic carbocycles. The minimum atomic E-state index is -0.284. The van der Waals surface area contributed by atoms with Gasteiger partial charge in [0.15, 0.2) is 0 Å². The van der Waals surface area contributed by atoms with E-state index in [2.05, 4.69) is 13.8 Å². The van der Waals surface area contributed by atoms with Crippen molar-refractivity contribution in [2.24, 2.45) is 5.41 Å². The van der Waals surface area contributed by atoms with Crippen LogP contribution in [0.5, 0.6) is 0 Å². The molecule has 3 unspecified atom stereocenters. The lowest BCUT2D eigenvalue weighted by atomic mass is 9.70.